The molecule has 8 heteroatoms. The summed E-state index contributed by atoms with van der Waals surface area (Å²) in [4.78, 5) is 14.2. The van der Waals surface area contributed by atoms with Gasteiger partial charge in [0.25, 0.3) is 5.91 Å². The topological polar surface area (TPSA) is 89.9 Å². The lowest BCUT2D eigenvalue weighted by molar-refractivity contribution is 0.0737. The van der Waals surface area contributed by atoms with Gasteiger partial charge in [-0.1, -0.05) is 17.3 Å². The lowest BCUT2D eigenvalue weighted by Crippen LogP contribution is -2.29. The summed E-state index contributed by atoms with van der Waals surface area (Å²) in [6.45, 7) is 4.32. The van der Waals surface area contributed by atoms with Crippen LogP contribution >= 0.6 is 0 Å². The number of amides is 1. The SMILES string of the molecule is Cc1nnnn1Cc1ccc(C(=O)N(C)[C@H](C)c2ccon2)cc1. The van der Waals surface area contributed by atoms with Gasteiger partial charge in [-0.25, -0.2) is 4.68 Å². The second-order valence-corrected chi connectivity index (χ2v) is 5.60. The normalized spacial score (nSPS) is 12.1. The third-order valence-corrected chi connectivity index (χ3v) is 4.03. The summed E-state index contributed by atoms with van der Waals surface area (Å²) in [5.74, 6) is 0.673. The molecule has 0 aliphatic heterocycles. The fourth-order valence-electron chi connectivity index (χ4n) is 2.34. The average molecular weight is 326 g/mol. The van der Waals surface area contributed by atoms with Crippen molar-refractivity contribution >= 4 is 5.91 Å². The van der Waals surface area contributed by atoms with E-state index in [2.05, 4.69) is 20.7 Å². The Balaban J connectivity index is 1.70. The maximum absolute atomic E-state index is 12.6. The Morgan fingerprint density at radius 2 is 2.04 bits per heavy atom. The zero-order chi connectivity index (χ0) is 17.1. The molecule has 0 spiro atoms. The van der Waals surface area contributed by atoms with Gasteiger partial charge in [-0.3, -0.25) is 4.79 Å². The quantitative estimate of drug-likeness (QED) is 0.711. The summed E-state index contributed by atoms with van der Waals surface area (Å²) >= 11 is 0. The number of benzene rings is 1. The van der Waals surface area contributed by atoms with Crippen LogP contribution in [-0.4, -0.2) is 43.2 Å². The molecule has 3 rings (SSSR count). The van der Waals surface area contributed by atoms with Gasteiger partial charge in [-0.15, -0.1) is 5.10 Å². The average Bonchev–Trinajstić information content (AvgIpc) is 3.26. The molecule has 0 saturated carbocycles. The Morgan fingerprint density at radius 1 is 1.29 bits per heavy atom. The number of aryl methyl sites for hydroxylation is 1. The highest BCUT2D eigenvalue weighted by molar-refractivity contribution is 5.94. The van der Waals surface area contributed by atoms with E-state index < -0.39 is 0 Å². The van der Waals surface area contributed by atoms with E-state index in [0.29, 0.717) is 12.1 Å². The van der Waals surface area contributed by atoms with Crippen molar-refractivity contribution in [3.05, 3.63) is 59.2 Å². The molecular formula is C16H18N6O2. The summed E-state index contributed by atoms with van der Waals surface area (Å²) < 4.78 is 6.54. The molecule has 124 valence electrons. The molecule has 0 aliphatic carbocycles. The molecule has 1 aromatic carbocycles. The Labute approximate surface area is 139 Å². The van der Waals surface area contributed by atoms with Crippen LogP contribution in [0.5, 0.6) is 0 Å². The molecular weight excluding hydrogens is 308 g/mol. The molecule has 1 amide bonds. The molecule has 0 bridgehead atoms. The molecule has 0 aliphatic rings. The maximum Gasteiger partial charge on any atom is 0.254 e. The van der Waals surface area contributed by atoms with E-state index in [0.717, 1.165) is 17.1 Å². The zero-order valence-corrected chi connectivity index (χ0v) is 13.7. The van der Waals surface area contributed by atoms with Crippen molar-refractivity contribution in [2.24, 2.45) is 0 Å². The lowest BCUT2D eigenvalue weighted by Gasteiger charge is -2.23. The van der Waals surface area contributed by atoms with E-state index in [-0.39, 0.29) is 11.9 Å². The largest absolute Gasteiger partial charge is 0.364 e. The van der Waals surface area contributed by atoms with Crippen LogP contribution in [0, 0.1) is 6.92 Å². The van der Waals surface area contributed by atoms with E-state index >= 15 is 0 Å². The molecule has 2 heterocycles. The first-order chi connectivity index (χ1) is 11.6. The van der Waals surface area contributed by atoms with Crippen LogP contribution in [-0.2, 0) is 6.54 Å². The number of rotatable bonds is 5. The van der Waals surface area contributed by atoms with Gasteiger partial charge in [-0.05, 0) is 42.0 Å². The van der Waals surface area contributed by atoms with E-state index in [1.807, 2.05) is 38.1 Å². The Hall–Kier alpha value is -3.03. The van der Waals surface area contributed by atoms with Gasteiger partial charge in [0.2, 0.25) is 0 Å². The van der Waals surface area contributed by atoms with Crippen LogP contribution < -0.4 is 0 Å². The predicted molar refractivity (Wildman–Crippen MR) is 85.1 cm³/mol. The molecule has 0 fully saturated rings. The van der Waals surface area contributed by atoms with Crippen LogP contribution in [0.4, 0.5) is 0 Å². The van der Waals surface area contributed by atoms with Gasteiger partial charge in [-0.2, -0.15) is 0 Å². The number of tetrazole rings is 1. The van der Waals surface area contributed by atoms with E-state index in [4.69, 9.17) is 4.52 Å². The van der Waals surface area contributed by atoms with Gasteiger partial charge in [0, 0.05) is 18.7 Å². The number of aromatic nitrogens is 5. The fraction of sp³-hybridized carbons (Fsp3) is 0.312. The Morgan fingerprint density at radius 3 is 2.62 bits per heavy atom. The second kappa shape index (κ2) is 6.61. The molecule has 1 atom stereocenters. The molecule has 0 unspecified atom stereocenters. The molecule has 8 nitrogen and oxygen atoms in total. The minimum absolute atomic E-state index is 0.0735. The fourth-order valence-corrected chi connectivity index (χ4v) is 2.34. The van der Waals surface area contributed by atoms with Crippen LogP contribution in [0.15, 0.2) is 41.1 Å². The third kappa shape index (κ3) is 3.17. The first-order valence-corrected chi connectivity index (χ1v) is 7.55. The highest BCUT2D eigenvalue weighted by Gasteiger charge is 2.20. The molecule has 0 N–H and O–H groups in total. The van der Waals surface area contributed by atoms with Crippen molar-refractivity contribution in [1.29, 1.82) is 0 Å². The second-order valence-electron chi connectivity index (χ2n) is 5.60. The first-order valence-electron chi connectivity index (χ1n) is 7.55. The number of hydrogen-bond acceptors (Lipinski definition) is 6. The van der Waals surface area contributed by atoms with Gasteiger partial charge in [0.15, 0.2) is 0 Å². The Kier molecular flexibility index (Phi) is 4.37. The summed E-state index contributed by atoms with van der Waals surface area (Å²) in [6.07, 6.45) is 1.50. The highest BCUT2D eigenvalue weighted by Crippen LogP contribution is 2.19. The van der Waals surface area contributed by atoms with Crippen molar-refractivity contribution in [3.63, 3.8) is 0 Å². The summed E-state index contributed by atoms with van der Waals surface area (Å²) in [7, 11) is 1.75. The minimum atomic E-state index is -0.167. The maximum atomic E-state index is 12.6. The van der Waals surface area contributed by atoms with E-state index in [1.54, 1.807) is 22.7 Å². The Bertz CT molecular complexity index is 809. The molecule has 0 radical (unpaired) electrons. The highest BCUT2D eigenvalue weighted by atomic mass is 16.5. The van der Waals surface area contributed by atoms with E-state index in [9.17, 15) is 4.79 Å². The van der Waals surface area contributed by atoms with E-state index in [1.165, 1.54) is 6.26 Å². The molecule has 0 saturated heterocycles. The molecule has 2 aromatic heterocycles. The van der Waals surface area contributed by atoms with Crippen molar-refractivity contribution in [2.75, 3.05) is 7.05 Å². The van der Waals surface area contributed by atoms with Crippen molar-refractivity contribution < 1.29 is 9.32 Å². The number of carbonyl (C=O) groups is 1. The first kappa shape index (κ1) is 15.9. The molecule has 24 heavy (non-hydrogen) atoms. The minimum Gasteiger partial charge on any atom is -0.364 e. The standard InChI is InChI=1S/C16H18N6O2/c1-11(15-8-9-24-18-15)21(3)16(23)14-6-4-13(5-7-14)10-22-12(2)17-19-20-22/h4-9,11H,10H2,1-3H3/t11-/m1/s1. The molecule has 3 aromatic rings. The number of nitrogens with zero attached hydrogens (tertiary/aromatic N) is 6. The monoisotopic (exact) mass is 326 g/mol. The zero-order valence-electron chi connectivity index (χ0n) is 13.7. The number of carbonyl (C=O) groups excluding carboxylic acids is 1. The third-order valence-electron chi connectivity index (χ3n) is 4.03. The summed E-state index contributed by atoms with van der Waals surface area (Å²) in [5.41, 5.74) is 2.36. The van der Waals surface area contributed by atoms with Gasteiger partial charge < -0.3 is 9.42 Å². The van der Waals surface area contributed by atoms with Crippen LogP contribution in [0.25, 0.3) is 0 Å². The predicted octanol–water partition coefficient (Wildman–Crippen LogP) is 1.85. The van der Waals surface area contributed by atoms with Crippen molar-refractivity contribution in [3.8, 4) is 0 Å². The summed E-state index contributed by atoms with van der Waals surface area (Å²) in [5, 5.41) is 15.3. The van der Waals surface area contributed by atoms with Crippen molar-refractivity contribution in [2.45, 2.75) is 26.4 Å². The lowest BCUT2D eigenvalue weighted by atomic mass is 10.1. The number of hydrogen-bond donors (Lipinski definition) is 0. The van der Waals surface area contributed by atoms with Crippen molar-refractivity contribution in [1.82, 2.24) is 30.3 Å². The van der Waals surface area contributed by atoms with Crippen LogP contribution in [0.3, 0.4) is 0 Å². The van der Waals surface area contributed by atoms with Crippen LogP contribution in [0.2, 0.25) is 0 Å². The summed E-state index contributed by atoms with van der Waals surface area (Å²) in [6, 6.07) is 9.02. The van der Waals surface area contributed by atoms with Gasteiger partial charge >= 0.3 is 0 Å². The van der Waals surface area contributed by atoms with Crippen LogP contribution in [0.1, 0.15) is 40.4 Å². The van der Waals surface area contributed by atoms with Gasteiger partial charge in [0.1, 0.15) is 17.8 Å². The van der Waals surface area contributed by atoms with Gasteiger partial charge in [0.05, 0.1) is 12.6 Å². The smallest absolute Gasteiger partial charge is 0.254 e.